The maximum atomic E-state index is 12.5. The Morgan fingerprint density at radius 3 is 2.67 bits per heavy atom. The molecule has 0 saturated heterocycles. The fourth-order valence-electron chi connectivity index (χ4n) is 3.47. The summed E-state index contributed by atoms with van der Waals surface area (Å²) in [5.41, 5.74) is 1.29. The zero-order valence-electron chi connectivity index (χ0n) is 15.4. The number of aryl methyl sites for hydroxylation is 1. The van der Waals surface area contributed by atoms with Crippen LogP contribution in [0.2, 0.25) is 0 Å². The van der Waals surface area contributed by atoms with E-state index in [4.69, 9.17) is 4.74 Å². The van der Waals surface area contributed by atoms with E-state index in [2.05, 4.69) is 5.32 Å². The summed E-state index contributed by atoms with van der Waals surface area (Å²) >= 11 is 0. The summed E-state index contributed by atoms with van der Waals surface area (Å²) in [7, 11) is 0. The van der Waals surface area contributed by atoms with Gasteiger partial charge in [0.05, 0.1) is 11.0 Å². The number of hydrogen-bond donors (Lipinski definition) is 1. The van der Waals surface area contributed by atoms with E-state index in [-0.39, 0.29) is 23.9 Å². The molecule has 0 aliphatic heterocycles. The summed E-state index contributed by atoms with van der Waals surface area (Å²) < 4.78 is 6.05. The predicted molar refractivity (Wildman–Crippen MR) is 103 cm³/mol. The van der Waals surface area contributed by atoms with Crippen LogP contribution < -0.4 is 10.1 Å². The van der Waals surface area contributed by atoms with Gasteiger partial charge < -0.3 is 10.1 Å². The fourth-order valence-corrected chi connectivity index (χ4v) is 3.47. The molecule has 27 heavy (non-hydrogen) atoms. The van der Waals surface area contributed by atoms with Crippen molar-refractivity contribution in [3.8, 4) is 5.75 Å². The minimum Gasteiger partial charge on any atom is -0.490 e. The molecule has 142 valence electrons. The number of carbonyl (C=O) groups is 1. The quantitative estimate of drug-likeness (QED) is 0.599. The lowest BCUT2D eigenvalue weighted by molar-refractivity contribution is -0.385. The number of carbonyl (C=O) groups excluding carboxylic acids is 1. The Morgan fingerprint density at radius 2 is 1.93 bits per heavy atom. The summed E-state index contributed by atoms with van der Waals surface area (Å²) in [6.07, 6.45) is 6.11. The standard InChI is InChI=1S/C21H24N2O4/c1-15-7-5-12-19(20(15)23(25)26)21(24)22-14-16-8-6-11-18(13-16)27-17-9-3-2-4-10-17/h5-8,11-13,17H,2-4,9-10,14H2,1H3,(H,22,24). The lowest BCUT2D eigenvalue weighted by Crippen LogP contribution is -2.24. The van der Waals surface area contributed by atoms with Crippen LogP contribution in [-0.2, 0) is 6.54 Å². The van der Waals surface area contributed by atoms with Gasteiger partial charge >= 0.3 is 0 Å². The van der Waals surface area contributed by atoms with Crippen molar-refractivity contribution in [3.63, 3.8) is 0 Å². The van der Waals surface area contributed by atoms with Crippen molar-refractivity contribution in [1.29, 1.82) is 0 Å². The first-order chi connectivity index (χ1) is 13.0. The first kappa shape index (κ1) is 18.9. The molecular formula is C21H24N2O4. The third-order valence-electron chi connectivity index (χ3n) is 4.87. The highest BCUT2D eigenvalue weighted by Gasteiger charge is 2.22. The summed E-state index contributed by atoms with van der Waals surface area (Å²) in [5.74, 6) is 0.346. The van der Waals surface area contributed by atoms with Crippen LogP contribution in [-0.4, -0.2) is 16.9 Å². The van der Waals surface area contributed by atoms with E-state index in [1.54, 1.807) is 19.1 Å². The lowest BCUT2D eigenvalue weighted by atomic mass is 9.98. The highest BCUT2D eigenvalue weighted by Crippen LogP contribution is 2.25. The van der Waals surface area contributed by atoms with E-state index in [0.29, 0.717) is 5.56 Å². The summed E-state index contributed by atoms with van der Waals surface area (Å²) in [5, 5.41) is 14.0. The molecular weight excluding hydrogens is 344 g/mol. The van der Waals surface area contributed by atoms with Crippen molar-refractivity contribution in [2.75, 3.05) is 0 Å². The number of nitrogens with one attached hydrogen (secondary N) is 1. The van der Waals surface area contributed by atoms with E-state index in [1.165, 1.54) is 25.3 Å². The van der Waals surface area contributed by atoms with Gasteiger partial charge in [-0.3, -0.25) is 14.9 Å². The molecule has 1 fully saturated rings. The molecule has 0 aromatic heterocycles. The third kappa shape index (κ3) is 4.84. The van der Waals surface area contributed by atoms with Crippen LogP contribution in [0.3, 0.4) is 0 Å². The van der Waals surface area contributed by atoms with Gasteiger partial charge in [-0.05, 0) is 56.4 Å². The molecule has 0 radical (unpaired) electrons. The molecule has 1 aliphatic rings. The van der Waals surface area contributed by atoms with Crippen molar-refractivity contribution >= 4 is 11.6 Å². The van der Waals surface area contributed by atoms with Crippen molar-refractivity contribution in [2.45, 2.75) is 51.7 Å². The molecule has 0 bridgehead atoms. The number of nitro benzene ring substituents is 1. The molecule has 3 rings (SSSR count). The topological polar surface area (TPSA) is 81.5 Å². The number of rotatable bonds is 6. The molecule has 0 heterocycles. The van der Waals surface area contributed by atoms with Crippen LogP contribution in [0.5, 0.6) is 5.75 Å². The van der Waals surface area contributed by atoms with Gasteiger partial charge in [0.1, 0.15) is 11.3 Å². The highest BCUT2D eigenvalue weighted by molar-refractivity contribution is 5.98. The molecule has 1 aliphatic carbocycles. The average Bonchev–Trinajstić information content (AvgIpc) is 2.66. The molecule has 6 nitrogen and oxygen atoms in total. The van der Waals surface area contributed by atoms with Gasteiger partial charge in [0.2, 0.25) is 0 Å². The largest absolute Gasteiger partial charge is 0.490 e. The van der Waals surface area contributed by atoms with Crippen LogP contribution in [0.1, 0.15) is 53.6 Å². The van der Waals surface area contributed by atoms with Crippen LogP contribution in [0, 0.1) is 17.0 Å². The molecule has 0 unspecified atom stereocenters. The van der Waals surface area contributed by atoms with E-state index in [0.717, 1.165) is 24.2 Å². The van der Waals surface area contributed by atoms with Crippen LogP contribution >= 0.6 is 0 Å². The molecule has 1 saturated carbocycles. The fraction of sp³-hybridized carbons (Fsp3) is 0.381. The highest BCUT2D eigenvalue weighted by atomic mass is 16.6. The van der Waals surface area contributed by atoms with E-state index in [9.17, 15) is 14.9 Å². The van der Waals surface area contributed by atoms with E-state index < -0.39 is 10.8 Å². The van der Waals surface area contributed by atoms with Crippen molar-refractivity contribution < 1.29 is 14.5 Å². The first-order valence-electron chi connectivity index (χ1n) is 9.32. The second kappa shape index (κ2) is 8.66. The summed E-state index contributed by atoms with van der Waals surface area (Å²) in [6, 6.07) is 12.4. The Kier molecular flexibility index (Phi) is 6.06. The predicted octanol–water partition coefficient (Wildman–Crippen LogP) is 4.54. The first-order valence-corrected chi connectivity index (χ1v) is 9.32. The Labute approximate surface area is 158 Å². The van der Waals surface area contributed by atoms with E-state index in [1.807, 2.05) is 24.3 Å². The Balaban J connectivity index is 1.65. The molecule has 2 aromatic carbocycles. The Morgan fingerprint density at radius 1 is 1.19 bits per heavy atom. The monoisotopic (exact) mass is 368 g/mol. The lowest BCUT2D eigenvalue weighted by Gasteiger charge is -2.23. The number of nitro groups is 1. The second-order valence-electron chi connectivity index (χ2n) is 6.94. The van der Waals surface area contributed by atoms with Gasteiger partial charge in [-0.1, -0.05) is 30.7 Å². The second-order valence-corrected chi connectivity index (χ2v) is 6.94. The average molecular weight is 368 g/mol. The zero-order valence-corrected chi connectivity index (χ0v) is 15.4. The van der Waals surface area contributed by atoms with Crippen molar-refractivity contribution in [1.82, 2.24) is 5.32 Å². The van der Waals surface area contributed by atoms with Gasteiger partial charge in [-0.15, -0.1) is 0 Å². The molecule has 1 amide bonds. The van der Waals surface area contributed by atoms with Crippen molar-refractivity contribution in [2.24, 2.45) is 0 Å². The number of nitrogens with zero attached hydrogens (tertiary/aromatic N) is 1. The molecule has 2 aromatic rings. The third-order valence-corrected chi connectivity index (χ3v) is 4.87. The van der Waals surface area contributed by atoms with Crippen LogP contribution in [0.25, 0.3) is 0 Å². The minimum atomic E-state index is -0.511. The van der Waals surface area contributed by atoms with Crippen LogP contribution in [0.15, 0.2) is 42.5 Å². The zero-order chi connectivity index (χ0) is 19.2. The molecule has 6 heteroatoms. The SMILES string of the molecule is Cc1cccc(C(=O)NCc2cccc(OC3CCCCC3)c2)c1[N+](=O)[O-]. The maximum Gasteiger partial charge on any atom is 0.285 e. The summed E-state index contributed by atoms with van der Waals surface area (Å²) in [4.78, 5) is 23.2. The van der Waals surface area contributed by atoms with Crippen molar-refractivity contribution in [3.05, 3.63) is 69.3 Å². The van der Waals surface area contributed by atoms with E-state index >= 15 is 0 Å². The normalized spacial score (nSPS) is 14.6. The number of amides is 1. The van der Waals surface area contributed by atoms with Gasteiger partial charge in [-0.2, -0.15) is 0 Å². The number of benzene rings is 2. The maximum absolute atomic E-state index is 12.5. The number of hydrogen-bond acceptors (Lipinski definition) is 4. The smallest absolute Gasteiger partial charge is 0.285 e. The van der Waals surface area contributed by atoms with Gasteiger partial charge in [0.15, 0.2) is 0 Å². The Hall–Kier alpha value is -2.89. The minimum absolute atomic E-state index is 0.0783. The number of ether oxygens (including phenoxy) is 1. The number of para-hydroxylation sites is 1. The van der Waals surface area contributed by atoms with Crippen LogP contribution in [0.4, 0.5) is 5.69 Å². The summed E-state index contributed by atoms with van der Waals surface area (Å²) in [6.45, 7) is 1.91. The molecule has 1 N–H and O–H groups in total. The van der Waals surface area contributed by atoms with Gasteiger partial charge in [0.25, 0.3) is 11.6 Å². The Bertz CT molecular complexity index is 829. The molecule has 0 atom stereocenters. The van der Waals surface area contributed by atoms with Gasteiger partial charge in [0, 0.05) is 12.1 Å². The van der Waals surface area contributed by atoms with Gasteiger partial charge in [-0.25, -0.2) is 0 Å². The molecule has 0 spiro atoms.